The molecule has 0 saturated heterocycles. The van der Waals surface area contributed by atoms with Gasteiger partial charge in [0.1, 0.15) is 0 Å². The van der Waals surface area contributed by atoms with E-state index in [9.17, 15) is 0 Å². The zero-order chi connectivity index (χ0) is 40.3. The zero-order valence-corrected chi connectivity index (χ0v) is 34.1. The molecule has 0 spiro atoms. The van der Waals surface area contributed by atoms with Crippen molar-refractivity contribution in [2.75, 3.05) is 4.90 Å². The molecule has 2 nitrogen and oxygen atoms in total. The second-order valence-electron chi connectivity index (χ2n) is 15.7. The third-order valence-electron chi connectivity index (χ3n) is 12.2. The number of aromatic nitrogens is 1. The van der Waals surface area contributed by atoms with E-state index in [1.54, 1.807) is 0 Å². The molecular formula is C58H38N2S. The molecule has 0 N–H and O–H groups in total. The minimum absolute atomic E-state index is 1.09. The fourth-order valence-electron chi connectivity index (χ4n) is 9.31. The smallest absolute Gasteiger partial charge is 0.0541 e. The van der Waals surface area contributed by atoms with E-state index in [1.165, 1.54) is 80.6 Å². The van der Waals surface area contributed by atoms with Gasteiger partial charge in [-0.2, -0.15) is 0 Å². The van der Waals surface area contributed by atoms with E-state index in [0.717, 1.165) is 28.3 Å². The summed E-state index contributed by atoms with van der Waals surface area (Å²) in [6.45, 7) is 0. The molecule has 0 amide bonds. The highest BCUT2D eigenvalue weighted by Crippen LogP contribution is 2.45. The molecule has 2 heterocycles. The van der Waals surface area contributed by atoms with Gasteiger partial charge in [-0.1, -0.05) is 164 Å². The second-order valence-corrected chi connectivity index (χ2v) is 16.8. The lowest BCUT2D eigenvalue weighted by Gasteiger charge is -2.28. The Morgan fingerprint density at radius 3 is 1.75 bits per heavy atom. The molecule has 12 rings (SSSR count). The van der Waals surface area contributed by atoms with Crippen molar-refractivity contribution in [1.82, 2.24) is 4.57 Å². The molecule has 0 aliphatic rings. The third kappa shape index (κ3) is 6.01. The van der Waals surface area contributed by atoms with Crippen LogP contribution >= 0.6 is 11.3 Å². The van der Waals surface area contributed by atoms with E-state index < -0.39 is 0 Å². The first kappa shape index (κ1) is 35.2. The van der Waals surface area contributed by atoms with Gasteiger partial charge >= 0.3 is 0 Å². The van der Waals surface area contributed by atoms with Crippen molar-refractivity contribution in [3.63, 3.8) is 0 Å². The number of nitrogens with zero attached hydrogens (tertiary/aromatic N) is 2. The Labute approximate surface area is 358 Å². The summed E-state index contributed by atoms with van der Waals surface area (Å²) < 4.78 is 5.03. The molecule has 61 heavy (non-hydrogen) atoms. The van der Waals surface area contributed by atoms with E-state index in [0.29, 0.717) is 0 Å². The highest BCUT2D eigenvalue weighted by atomic mass is 32.1. The Bertz CT molecular complexity index is 3560. The molecule has 0 atom stereocenters. The van der Waals surface area contributed by atoms with Gasteiger partial charge in [-0.25, -0.2) is 0 Å². The van der Waals surface area contributed by atoms with E-state index >= 15 is 0 Å². The van der Waals surface area contributed by atoms with Gasteiger partial charge in [-0.3, -0.25) is 0 Å². The van der Waals surface area contributed by atoms with E-state index in [4.69, 9.17) is 0 Å². The van der Waals surface area contributed by atoms with E-state index in [2.05, 4.69) is 240 Å². The first-order valence-corrected chi connectivity index (χ1v) is 21.6. The summed E-state index contributed by atoms with van der Waals surface area (Å²) in [5.74, 6) is 0. The number of anilines is 3. The fraction of sp³-hybridized carbons (Fsp3) is 0. The average molecular weight is 795 g/mol. The SMILES string of the molecule is c1cc(-c2ccc3ccccc3c2)cc(N(c2ccc(-c3ccccc3-n3c4ccccc4c4ccccc43)cc2)c2ccccc2-c2ccc3c(c2)sc2ccccc23)c1. The van der Waals surface area contributed by atoms with Gasteiger partial charge in [0.25, 0.3) is 0 Å². The topological polar surface area (TPSA) is 8.17 Å². The highest BCUT2D eigenvalue weighted by molar-refractivity contribution is 7.25. The van der Waals surface area contributed by atoms with Crippen LogP contribution in [0.4, 0.5) is 17.1 Å². The second kappa shape index (κ2) is 14.5. The predicted molar refractivity (Wildman–Crippen MR) is 262 cm³/mol. The lowest BCUT2D eigenvalue weighted by Crippen LogP contribution is -2.11. The number of rotatable bonds is 7. The first-order chi connectivity index (χ1) is 30.2. The number of fused-ring (bicyclic) bond motifs is 7. The van der Waals surface area contributed by atoms with Gasteiger partial charge in [-0.15, -0.1) is 11.3 Å². The van der Waals surface area contributed by atoms with Gasteiger partial charge in [0, 0.05) is 53.4 Å². The number of para-hydroxylation sites is 4. The van der Waals surface area contributed by atoms with Crippen LogP contribution in [0.5, 0.6) is 0 Å². The summed E-state index contributed by atoms with van der Waals surface area (Å²) >= 11 is 1.86. The van der Waals surface area contributed by atoms with Crippen LogP contribution in [0, 0.1) is 0 Å². The van der Waals surface area contributed by atoms with Crippen LogP contribution in [0.25, 0.3) is 91.8 Å². The molecular weight excluding hydrogens is 757 g/mol. The van der Waals surface area contributed by atoms with Crippen LogP contribution < -0.4 is 4.90 Å². The fourth-order valence-corrected chi connectivity index (χ4v) is 10.5. The predicted octanol–water partition coefficient (Wildman–Crippen LogP) is 16.8. The van der Waals surface area contributed by atoms with Gasteiger partial charge in [-0.05, 0) is 99.8 Å². The number of benzene rings is 10. The normalized spacial score (nSPS) is 11.6. The summed E-state index contributed by atoms with van der Waals surface area (Å²) in [6.07, 6.45) is 0. The number of hydrogen-bond donors (Lipinski definition) is 0. The van der Waals surface area contributed by atoms with Crippen LogP contribution in [0.1, 0.15) is 0 Å². The van der Waals surface area contributed by atoms with Gasteiger partial charge < -0.3 is 9.47 Å². The molecule has 0 bridgehead atoms. The van der Waals surface area contributed by atoms with Crippen molar-refractivity contribution in [3.8, 4) is 39.1 Å². The van der Waals surface area contributed by atoms with Crippen molar-refractivity contribution >= 4 is 81.1 Å². The lowest BCUT2D eigenvalue weighted by molar-refractivity contribution is 1.18. The van der Waals surface area contributed by atoms with Crippen molar-refractivity contribution in [1.29, 1.82) is 0 Å². The molecule has 2 aromatic heterocycles. The van der Waals surface area contributed by atoms with Gasteiger partial charge in [0.2, 0.25) is 0 Å². The summed E-state index contributed by atoms with van der Waals surface area (Å²) in [7, 11) is 0. The molecule has 0 saturated carbocycles. The molecule has 286 valence electrons. The highest BCUT2D eigenvalue weighted by Gasteiger charge is 2.20. The molecule has 0 radical (unpaired) electrons. The Morgan fingerprint density at radius 2 is 0.934 bits per heavy atom. The Kier molecular flexibility index (Phi) is 8.39. The molecule has 3 heteroatoms. The average Bonchev–Trinajstić information content (AvgIpc) is 3.87. The summed E-state index contributed by atoms with van der Waals surface area (Å²) in [6, 6.07) is 84.3. The van der Waals surface area contributed by atoms with Crippen molar-refractivity contribution in [3.05, 3.63) is 231 Å². The number of thiophene rings is 1. The minimum atomic E-state index is 1.09. The van der Waals surface area contributed by atoms with Crippen LogP contribution in [0.15, 0.2) is 231 Å². The zero-order valence-electron chi connectivity index (χ0n) is 33.2. The molecule has 0 fully saturated rings. The third-order valence-corrected chi connectivity index (χ3v) is 13.3. The molecule has 0 aliphatic heterocycles. The maximum Gasteiger partial charge on any atom is 0.0541 e. The Hall–Kier alpha value is -7.72. The Balaban J connectivity index is 1.01. The van der Waals surface area contributed by atoms with E-state index in [-0.39, 0.29) is 0 Å². The summed E-state index contributed by atoms with van der Waals surface area (Å²) in [5.41, 5.74) is 14.0. The van der Waals surface area contributed by atoms with Crippen molar-refractivity contribution < 1.29 is 0 Å². The summed E-state index contributed by atoms with van der Waals surface area (Å²) in [4.78, 5) is 2.43. The maximum absolute atomic E-state index is 2.43. The monoisotopic (exact) mass is 794 g/mol. The van der Waals surface area contributed by atoms with Crippen molar-refractivity contribution in [2.45, 2.75) is 0 Å². The van der Waals surface area contributed by atoms with Gasteiger partial charge in [0.15, 0.2) is 0 Å². The van der Waals surface area contributed by atoms with Gasteiger partial charge in [0.05, 0.1) is 22.4 Å². The quantitative estimate of drug-likeness (QED) is 0.156. The van der Waals surface area contributed by atoms with Crippen LogP contribution in [-0.2, 0) is 0 Å². The largest absolute Gasteiger partial charge is 0.310 e. The van der Waals surface area contributed by atoms with Crippen molar-refractivity contribution in [2.24, 2.45) is 0 Å². The Morgan fingerprint density at radius 1 is 0.328 bits per heavy atom. The van der Waals surface area contributed by atoms with Crippen LogP contribution in [-0.4, -0.2) is 4.57 Å². The summed E-state index contributed by atoms with van der Waals surface area (Å²) in [5, 5.41) is 7.62. The lowest BCUT2D eigenvalue weighted by atomic mass is 9.98. The van der Waals surface area contributed by atoms with Crippen LogP contribution in [0.2, 0.25) is 0 Å². The minimum Gasteiger partial charge on any atom is -0.310 e. The standard InChI is InChI=1S/C58H38N2S/c1-2-15-41-36-43(29-28-39(41)14-1)42-16-13-17-46(37-42)59(53-23-8-4-19-48(53)44-32-35-52-51-22-7-12-27-57(51)61-58(52)38-44)45-33-30-40(31-34-45)47-18-3-9-24-54(47)60-55-25-10-5-20-49(55)50-21-6-11-26-56(50)60/h1-38H. The first-order valence-electron chi connectivity index (χ1n) is 20.8. The molecule has 12 aromatic rings. The maximum atomic E-state index is 2.43. The number of hydrogen-bond acceptors (Lipinski definition) is 2. The molecule has 0 unspecified atom stereocenters. The van der Waals surface area contributed by atoms with Crippen LogP contribution in [0.3, 0.4) is 0 Å². The molecule has 10 aromatic carbocycles. The molecule has 0 aliphatic carbocycles. The van der Waals surface area contributed by atoms with E-state index in [1.807, 2.05) is 11.3 Å².